The summed E-state index contributed by atoms with van der Waals surface area (Å²) < 4.78 is 1.99. The van der Waals surface area contributed by atoms with Gasteiger partial charge in [0.15, 0.2) is 5.57 Å². The van der Waals surface area contributed by atoms with Gasteiger partial charge in [0.2, 0.25) is 0 Å². The Morgan fingerprint density at radius 2 is 1.97 bits per heavy atom. The summed E-state index contributed by atoms with van der Waals surface area (Å²) in [7, 11) is 0. The average molecular weight is 444 g/mol. The van der Waals surface area contributed by atoms with E-state index in [0.29, 0.717) is 33.7 Å². The van der Waals surface area contributed by atoms with E-state index in [2.05, 4.69) is 16.0 Å². The number of hydrogen-bond donors (Lipinski definition) is 4. The topological polar surface area (TPSA) is 136 Å². The highest BCUT2D eigenvalue weighted by Gasteiger charge is 2.23. The van der Waals surface area contributed by atoms with Gasteiger partial charge in [-0.15, -0.1) is 11.3 Å². The van der Waals surface area contributed by atoms with E-state index in [4.69, 9.17) is 0 Å². The number of benzene rings is 1. The van der Waals surface area contributed by atoms with Crippen molar-refractivity contribution in [2.24, 2.45) is 0 Å². The van der Waals surface area contributed by atoms with Crippen molar-refractivity contribution in [3.63, 3.8) is 0 Å². The molecule has 1 heterocycles. The molecule has 0 spiro atoms. The van der Waals surface area contributed by atoms with Crippen LogP contribution in [-0.2, 0) is 16.1 Å². The first-order chi connectivity index (χ1) is 14.6. The maximum Gasteiger partial charge on any atom is 0.270 e. The Hall–Kier alpha value is -3.42. The van der Waals surface area contributed by atoms with Crippen LogP contribution in [0.2, 0.25) is 0 Å². The molecular formula is C21H25N5O4S. The normalized spacial score (nSPS) is 12.7. The van der Waals surface area contributed by atoms with Crippen LogP contribution in [-0.4, -0.2) is 33.6 Å². The summed E-state index contributed by atoms with van der Waals surface area (Å²) in [4.78, 5) is 36.9. The predicted octanol–water partition coefficient (Wildman–Crippen LogP) is 0.300. The number of carbonyl (C=O) groups is 2. The number of nitriles is 1. The molecule has 0 saturated heterocycles. The van der Waals surface area contributed by atoms with Crippen molar-refractivity contribution in [3.05, 3.63) is 43.8 Å². The van der Waals surface area contributed by atoms with Gasteiger partial charge in [-0.05, 0) is 45.9 Å². The third-order valence-electron chi connectivity index (χ3n) is 4.16. The molecule has 0 bridgehead atoms. The molecule has 2 rings (SSSR count). The zero-order valence-corrected chi connectivity index (χ0v) is 18.6. The van der Waals surface area contributed by atoms with Crippen LogP contribution in [0.4, 0.5) is 11.4 Å². The number of aliphatic hydroxyl groups is 1. The molecule has 0 atom stereocenters. The zero-order valence-electron chi connectivity index (χ0n) is 17.8. The van der Waals surface area contributed by atoms with Crippen molar-refractivity contribution in [3.8, 4) is 6.07 Å². The van der Waals surface area contributed by atoms with Crippen molar-refractivity contribution >= 4 is 46.3 Å². The summed E-state index contributed by atoms with van der Waals surface area (Å²) in [5.74, 6) is -1.07. The van der Waals surface area contributed by atoms with E-state index in [0.717, 1.165) is 11.3 Å². The number of hydrogen-bond acceptors (Lipinski definition) is 7. The van der Waals surface area contributed by atoms with Gasteiger partial charge in [0.1, 0.15) is 20.9 Å². The second kappa shape index (κ2) is 10.1. The van der Waals surface area contributed by atoms with Crippen LogP contribution in [0, 0.1) is 11.3 Å². The quantitative estimate of drug-likeness (QED) is 0.486. The Balaban J connectivity index is 2.43. The molecule has 0 radical (unpaired) electrons. The fourth-order valence-corrected chi connectivity index (χ4v) is 3.64. The van der Waals surface area contributed by atoms with Gasteiger partial charge in [-0.2, -0.15) is 5.26 Å². The Labute approximate surface area is 183 Å². The van der Waals surface area contributed by atoms with Gasteiger partial charge < -0.3 is 21.1 Å². The van der Waals surface area contributed by atoms with Crippen molar-refractivity contribution in [2.45, 2.75) is 39.8 Å². The number of thiazole rings is 1. The number of nitrogens with one attached hydrogen (secondary N) is 3. The SMILES string of the molecule is CCNC(=O)C(C#N)=c1sc(=CNc2cccc(NC(=O)C(C)(C)O)c2)c(=O)n1CC. The zero-order chi connectivity index (χ0) is 23.2. The molecule has 0 aliphatic rings. The lowest BCUT2D eigenvalue weighted by molar-refractivity contribution is -0.130. The van der Waals surface area contributed by atoms with E-state index in [9.17, 15) is 24.8 Å². The van der Waals surface area contributed by atoms with Crippen molar-refractivity contribution in [1.82, 2.24) is 9.88 Å². The molecule has 0 aliphatic carbocycles. The third-order valence-corrected chi connectivity index (χ3v) is 5.29. The highest BCUT2D eigenvalue weighted by molar-refractivity contribution is 7.07. The van der Waals surface area contributed by atoms with Gasteiger partial charge in [-0.25, -0.2) is 0 Å². The molecule has 10 heteroatoms. The molecule has 0 fully saturated rings. The van der Waals surface area contributed by atoms with E-state index in [1.54, 1.807) is 38.1 Å². The summed E-state index contributed by atoms with van der Waals surface area (Å²) in [6.45, 7) is 6.96. The van der Waals surface area contributed by atoms with Gasteiger partial charge >= 0.3 is 0 Å². The van der Waals surface area contributed by atoms with Gasteiger partial charge in [0, 0.05) is 30.7 Å². The van der Waals surface area contributed by atoms with Crippen LogP contribution in [0.25, 0.3) is 11.8 Å². The predicted molar refractivity (Wildman–Crippen MR) is 121 cm³/mol. The third kappa shape index (κ3) is 5.81. The first-order valence-corrected chi connectivity index (χ1v) is 10.5. The molecule has 164 valence electrons. The largest absolute Gasteiger partial charge is 0.381 e. The number of anilines is 2. The number of carbonyl (C=O) groups excluding carboxylic acids is 2. The fourth-order valence-electron chi connectivity index (χ4n) is 2.56. The summed E-state index contributed by atoms with van der Waals surface area (Å²) in [5, 5.41) is 27.4. The molecule has 0 aliphatic heterocycles. The lowest BCUT2D eigenvalue weighted by Gasteiger charge is -2.16. The first kappa shape index (κ1) is 23.9. The van der Waals surface area contributed by atoms with E-state index in [1.807, 2.05) is 6.07 Å². The highest BCUT2D eigenvalue weighted by Crippen LogP contribution is 2.16. The number of nitrogens with zero attached hydrogens (tertiary/aromatic N) is 2. The molecule has 1 aromatic carbocycles. The Kier molecular flexibility index (Phi) is 7.74. The average Bonchev–Trinajstić information content (AvgIpc) is 3.02. The van der Waals surface area contributed by atoms with E-state index in [-0.39, 0.29) is 11.1 Å². The minimum Gasteiger partial charge on any atom is -0.381 e. The molecule has 0 saturated carbocycles. The van der Waals surface area contributed by atoms with E-state index in [1.165, 1.54) is 24.6 Å². The van der Waals surface area contributed by atoms with Crippen molar-refractivity contribution < 1.29 is 14.7 Å². The number of rotatable bonds is 7. The van der Waals surface area contributed by atoms with Gasteiger partial charge in [-0.3, -0.25) is 19.0 Å². The minimum absolute atomic E-state index is 0.109. The summed E-state index contributed by atoms with van der Waals surface area (Å²) in [6.07, 6.45) is 1.49. The molecule has 2 aromatic rings. The molecular weight excluding hydrogens is 418 g/mol. The second-order valence-electron chi connectivity index (χ2n) is 7.05. The van der Waals surface area contributed by atoms with Crippen LogP contribution < -0.4 is 30.7 Å². The lowest BCUT2D eigenvalue weighted by atomic mass is 10.1. The van der Waals surface area contributed by atoms with Crippen LogP contribution in [0.1, 0.15) is 27.7 Å². The molecule has 4 N–H and O–H groups in total. The molecule has 2 amide bonds. The Morgan fingerprint density at radius 3 is 2.55 bits per heavy atom. The summed E-state index contributed by atoms with van der Waals surface area (Å²) in [5.41, 5.74) is -0.883. The Bertz CT molecular complexity index is 1200. The van der Waals surface area contributed by atoms with Crippen molar-refractivity contribution in [1.29, 1.82) is 5.26 Å². The Morgan fingerprint density at radius 1 is 1.29 bits per heavy atom. The van der Waals surface area contributed by atoms with Crippen molar-refractivity contribution in [2.75, 3.05) is 17.2 Å². The summed E-state index contributed by atoms with van der Waals surface area (Å²) in [6, 6.07) is 8.65. The second-order valence-corrected chi connectivity index (χ2v) is 8.08. The fraction of sp³-hybridized carbons (Fsp3) is 0.333. The molecule has 0 unspecified atom stereocenters. The van der Waals surface area contributed by atoms with Crippen LogP contribution >= 0.6 is 11.3 Å². The maximum absolute atomic E-state index is 12.7. The van der Waals surface area contributed by atoms with Gasteiger partial charge in [-0.1, -0.05) is 6.07 Å². The highest BCUT2D eigenvalue weighted by atomic mass is 32.1. The summed E-state index contributed by atoms with van der Waals surface area (Å²) >= 11 is 1.04. The van der Waals surface area contributed by atoms with E-state index < -0.39 is 17.4 Å². The lowest BCUT2D eigenvalue weighted by Crippen LogP contribution is -2.36. The molecule has 31 heavy (non-hydrogen) atoms. The van der Waals surface area contributed by atoms with Gasteiger partial charge in [0.25, 0.3) is 17.4 Å². The number of amides is 2. The number of aromatic nitrogens is 1. The van der Waals surface area contributed by atoms with Crippen LogP contribution in [0.5, 0.6) is 0 Å². The monoisotopic (exact) mass is 443 g/mol. The molecule has 9 nitrogen and oxygen atoms in total. The maximum atomic E-state index is 12.7. The molecule has 1 aromatic heterocycles. The van der Waals surface area contributed by atoms with E-state index >= 15 is 0 Å². The van der Waals surface area contributed by atoms with Crippen LogP contribution in [0.15, 0.2) is 29.1 Å². The first-order valence-electron chi connectivity index (χ1n) is 9.65. The standard InChI is InChI=1S/C21H25N5O4S/c1-5-23-17(27)15(11-22)19-26(6-2)18(28)16(31-19)12-24-13-8-7-9-14(10-13)25-20(29)21(3,4)30/h7-10,12,24,30H,5-6H2,1-4H3,(H,23,27)(H,25,29). The van der Waals surface area contributed by atoms with Crippen LogP contribution in [0.3, 0.4) is 0 Å². The smallest absolute Gasteiger partial charge is 0.270 e. The minimum atomic E-state index is -1.52. The van der Waals surface area contributed by atoms with Gasteiger partial charge in [0.05, 0.1) is 0 Å².